The Kier molecular flexibility index (Phi) is 6.64. The van der Waals surface area contributed by atoms with Gasteiger partial charge in [-0.1, -0.05) is 44.2 Å². The van der Waals surface area contributed by atoms with E-state index in [-0.39, 0.29) is 12.6 Å². The van der Waals surface area contributed by atoms with Crippen molar-refractivity contribution in [1.82, 2.24) is 0 Å². The minimum Gasteiger partial charge on any atom is -0.460 e. The highest BCUT2D eigenvalue weighted by atomic mass is 16.5. The first-order chi connectivity index (χ1) is 9.13. The van der Waals surface area contributed by atoms with Crippen molar-refractivity contribution in [2.45, 2.75) is 33.3 Å². The van der Waals surface area contributed by atoms with Crippen LogP contribution in [0.3, 0.4) is 0 Å². The molecule has 0 aliphatic rings. The summed E-state index contributed by atoms with van der Waals surface area (Å²) < 4.78 is 5.23. The van der Waals surface area contributed by atoms with Crippen LogP contribution in [0.1, 0.15) is 32.3 Å². The number of benzene rings is 1. The molecule has 0 heterocycles. The maximum Gasteiger partial charge on any atom is 0.314 e. The number of hydrogen-bond donors (Lipinski definition) is 1. The summed E-state index contributed by atoms with van der Waals surface area (Å²) in [6.45, 7) is 4.42. The molecule has 0 fully saturated rings. The molecule has 4 nitrogen and oxygen atoms in total. The highest BCUT2D eigenvalue weighted by molar-refractivity contribution is 5.89. The van der Waals surface area contributed by atoms with Gasteiger partial charge in [-0.2, -0.15) is 0 Å². The summed E-state index contributed by atoms with van der Waals surface area (Å²) in [5.74, 6) is -0.324. The zero-order chi connectivity index (χ0) is 14.1. The largest absolute Gasteiger partial charge is 0.460 e. The van der Waals surface area contributed by atoms with Gasteiger partial charge in [-0.05, 0) is 24.3 Å². The third-order valence-corrected chi connectivity index (χ3v) is 2.83. The van der Waals surface area contributed by atoms with E-state index in [1.807, 2.05) is 30.3 Å². The fraction of sp³-hybridized carbons (Fsp3) is 0.467. The molecule has 1 rings (SSSR count). The molecule has 0 aliphatic heterocycles. The van der Waals surface area contributed by atoms with Gasteiger partial charge < -0.3 is 9.94 Å². The lowest BCUT2D eigenvalue weighted by molar-refractivity contribution is -0.147. The van der Waals surface area contributed by atoms with E-state index < -0.39 is 5.92 Å². The van der Waals surface area contributed by atoms with Crippen LogP contribution in [0.2, 0.25) is 0 Å². The van der Waals surface area contributed by atoms with Crippen LogP contribution in [0.5, 0.6) is 0 Å². The van der Waals surface area contributed by atoms with E-state index in [4.69, 9.17) is 9.94 Å². The summed E-state index contributed by atoms with van der Waals surface area (Å²) in [6, 6.07) is 9.51. The van der Waals surface area contributed by atoms with Gasteiger partial charge in [0.1, 0.15) is 6.61 Å². The second-order valence-electron chi connectivity index (χ2n) is 4.94. The first kappa shape index (κ1) is 15.2. The van der Waals surface area contributed by atoms with Gasteiger partial charge in [0.15, 0.2) is 0 Å². The van der Waals surface area contributed by atoms with Gasteiger partial charge in [0.2, 0.25) is 0 Å². The molecule has 4 heteroatoms. The van der Waals surface area contributed by atoms with E-state index in [1.54, 1.807) is 0 Å². The fourth-order valence-electron chi connectivity index (χ4n) is 1.68. The van der Waals surface area contributed by atoms with Crippen LogP contribution in [-0.4, -0.2) is 17.4 Å². The first-order valence-electron chi connectivity index (χ1n) is 6.51. The van der Waals surface area contributed by atoms with Crippen LogP contribution in [0.25, 0.3) is 0 Å². The second-order valence-corrected chi connectivity index (χ2v) is 4.94. The maximum atomic E-state index is 11.9. The van der Waals surface area contributed by atoms with E-state index in [2.05, 4.69) is 19.0 Å². The zero-order valence-electron chi connectivity index (χ0n) is 11.5. The highest BCUT2D eigenvalue weighted by Gasteiger charge is 2.18. The topological polar surface area (TPSA) is 58.9 Å². The van der Waals surface area contributed by atoms with Crippen molar-refractivity contribution in [2.24, 2.45) is 17.0 Å². The SMILES string of the molecule is CC(C)CCC(/C=N\O)C(=O)OCc1ccccc1. The number of nitrogens with zero attached hydrogens (tertiary/aromatic N) is 1. The number of esters is 1. The quantitative estimate of drug-likeness (QED) is 0.355. The Balaban J connectivity index is 2.48. The Morgan fingerprint density at radius 2 is 2.00 bits per heavy atom. The summed E-state index contributed by atoms with van der Waals surface area (Å²) in [6.07, 6.45) is 2.77. The molecule has 0 aliphatic carbocycles. The Labute approximate surface area is 114 Å². The minimum atomic E-state index is -0.476. The van der Waals surface area contributed by atoms with Gasteiger partial charge in [-0.25, -0.2) is 0 Å². The molecule has 104 valence electrons. The average molecular weight is 263 g/mol. The summed E-state index contributed by atoms with van der Waals surface area (Å²) in [4.78, 5) is 11.9. The van der Waals surface area contributed by atoms with Gasteiger partial charge in [-0.3, -0.25) is 4.79 Å². The average Bonchev–Trinajstić information content (AvgIpc) is 2.41. The van der Waals surface area contributed by atoms with Crippen LogP contribution >= 0.6 is 0 Å². The molecule has 1 aromatic rings. The van der Waals surface area contributed by atoms with Crippen molar-refractivity contribution in [3.05, 3.63) is 35.9 Å². The molecule has 0 spiro atoms. The van der Waals surface area contributed by atoms with Crippen molar-refractivity contribution in [2.75, 3.05) is 0 Å². The predicted octanol–water partition coefficient (Wildman–Crippen LogP) is 3.24. The van der Waals surface area contributed by atoms with Gasteiger partial charge in [0.25, 0.3) is 0 Å². The smallest absolute Gasteiger partial charge is 0.314 e. The predicted molar refractivity (Wildman–Crippen MR) is 74.1 cm³/mol. The van der Waals surface area contributed by atoms with Gasteiger partial charge in [0, 0.05) is 0 Å². The minimum absolute atomic E-state index is 0.247. The second kappa shape index (κ2) is 8.29. The molecule has 0 saturated carbocycles. The van der Waals surface area contributed by atoms with E-state index in [0.717, 1.165) is 12.0 Å². The third-order valence-electron chi connectivity index (χ3n) is 2.83. The Hall–Kier alpha value is -1.84. The van der Waals surface area contributed by atoms with Crippen LogP contribution in [-0.2, 0) is 16.1 Å². The van der Waals surface area contributed by atoms with Crippen molar-refractivity contribution in [3.63, 3.8) is 0 Å². The molecule has 0 bridgehead atoms. The summed E-state index contributed by atoms with van der Waals surface area (Å²) >= 11 is 0. The lowest BCUT2D eigenvalue weighted by Crippen LogP contribution is -2.19. The monoisotopic (exact) mass is 263 g/mol. The molecule has 1 atom stereocenters. The van der Waals surface area contributed by atoms with Crippen molar-refractivity contribution in [1.29, 1.82) is 0 Å². The van der Waals surface area contributed by atoms with Gasteiger partial charge >= 0.3 is 5.97 Å². The number of hydrogen-bond acceptors (Lipinski definition) is 4. The standard InChI is InChI=1S/C15H21NO3/c1-12(2)8-9-14(10-16-18)15(17)19-11-13-6-4-3-5-7-13/h3-7,10,12,14,18H,8-9,11H2,1-2H3/b16-10-. The molecular weight excluding hydrogens is 242 g/mol. The van der Waals surface area contributed by atoms with Gasteiger partial charge in [0.05, 0.1) is 12.1 Å². The van der Waals surface area contributed by atoms with Crippen LogP contribution < -0.4 is 0 Å². The molecule has 0 aromatic heterocycles. The van der Waals surface area contributed by atoms with Crippen molar-refractivity contribution >= 4 is 12.2 Å². The summed E-state index contributed by atoms with van der Waals surface area (Å²) in [5.41, 5.74) is 0.944. The van der Waals surface area contributed by atoms with Crippen LogP contribution in [0.15, 0.2) is 35.5 Å². The van der Waals surface area contributed by atoms with Gasteiger partial charge in [-0.15, -0.1) is 5.16 Å². The maximum absolute atomic E-state index is 11.9. The number of carbonyl (C=O) groups excluding carboxylic acids is 1. The third kappa shape index (κ3) is 6.04. The molecule has 1 unspecified atom stereocenters. The Morgan fingerprint density at radius 1 is 1.32 bits per heavy atom. The highest BCUT2D eigenvalue weighted by Crippen LogP contribution is 2.13. The van der Waals surface area contributed by atoms with E-state index in [0.29, 0.717) is 12.3 Å². The summed E-state index contributed by atoms with van der Waals surface area (Å²) in [7, 11) is 0. The van der Waals surface area contributed by atoms with E-state index >= 15 is 0 Å². The molecule has 1 N–H and O–H groups in total. The molecule has 0 amide bonds. The van der Waals surface area contributed by atoms with Crippen molar-refractivity contribution < 1.29 is 14.7 Å². The lowest BCUT2D eigenvalue weighted by Gasteiger charge is -2.12. The molecular formula is C15H21NO3. The normalized spacial score (nSPS) is 12.8. The number of carbonyl (C=O) groups is 1. The summed E-state index contributed by atoms with van der Waals surface area (Å²) in [5, 5.41) is 11.6. The molecule has 1 aromatic carbocycles. The zero-order valence-corrected chi connectivity index (χ0v) is 11.5. The van der Waals surface area contributed by atoms with Crippen LogP contribution in [0.4, 0.5) is 0 Å². The molecule has 0 saturated heterocycles. The number of rotatable bonds is 7. The molecule has 19 heavy (non-hydrogen) atoms. The van der Waals surface area contributed by atoms with E-state index in [1.165, 1.54) is 6.21 Å². The number of oxime groups is 1. The molecule has 0 radical (unpaired) electrons. The number of ether oxygens (including phenoxy) is 1. The van der Waals surface area contributed by atoms with Crippen LogP contribution in [0, 0.1) is 11.8 Å². The lowest BCUT2D eigenvalue weighted by atomic mass is 9.99. The van der Waals surface area contributed by atoms with E-state index in [9.17, 15) is 4.79 Å². The van der Waals surface area contributed by atoms with Crippen molar-refractivity contribution in [3.8, 4) is 0 Å². The fourth-order valence-corrected chi connectivity index (χ4v) is 1.68. The first-order valence-corrected chi connectivity index (χ1v) is 6.51. The Morgan fingerprint density at radius 3 is 2.58 bits per heavy atom. The Bertz CT molecular complexity index is 401.